The van der Waals surface area contributed by atoms with Crippen LogP contribution in [0.15, 0.2) is 60.7 Å². The molecule has 6 nitrogen and oxygen atoms in total. The molecule has 41 heavy (non-hydrogen) atoms. The van der Waals surface area contributed by atoms with Crippen LogP contribution in [0, 0.1) is 6.92 Å². The van der Waals surface area contributed by atoms with E-state index in [-0.39, 0.29) is 42.7 Å². The van der Waals surface area contributed by atoms with Crippen molar-refractivity contribution in [3.8, 4) is 9.75 Å². The Morgan fingerprint density at radius 2 is 1.07 bits per heavy atom. The van der Waals surface area contributed by atoms with Crippen LogP contribution >= 0.6 is 22.7 Å². The first-order valence-corrected chi connectivity index (χ1v) is 14.4. The molecule has 2 aromatic carbocycles. The van der Waals surface area contributed by atoms with E-state index in [1.165, 1.54) is 34.8 Å². The SMILES string of the molecule is Cc1ccc(C(=O)c2cc3c(s2)-c2sc(C(=O)c4ccc(C(F)(F)F)cc4)cc2C2(OCCO2)C32OCCO2)cc1. The van der Waals surface area contributed by atoms with Crippen LogP contribution in [0.5, 0.6) is 0 Å². The maximum atomic E-state index is 13.5. The van der Waals surface area contributed by atoms with Gasteiger partial charge < -0.3 is 18.9 Å². The highest BCUT2D eigenvalue weighted by atomic mass is 32.1. The van der Waals surface area contributed by atoms with Gasteiger partial charge in [-0.3, -0.25) is 9.59 Å². The Bertz CT molecular complexity index is 1670. The molecule has 2 aliphatic heterocycles. The second kappa shape index (κ2) is 9.41. The van der Waals surface area contributed by atoms with Gasteiger partial charge in [0.2, 0.25) is 11.6 Å². The van der Waals surface area contributed by atoms with Crippen LogP contribution in [-0.2, 0) is 36.7 Å². The molecular formula is C30H21F3O6S2. The molecule has 210 valence electrons. The van der Waals surface area contributed by atoms with E-state index in [2.05, 4.69) is 0 Å². The number of carbonyl (C=O) groups excluding carboxylic acids is 2. The highest BCUT2D eigenvalue weighted by Gasteiger charge is 2.67. The van der Waals surface area contributed by atoms with Gasteiger partial charge in [0.25, 0.3) is 11.6 Å². The van der Waals surface area contributed by atoms with Crippen molar-refractivity contribution in [2.75, 3.05) is 26.4 Å². The zero-order chi connectivity index (χ0) is 28.6. The molecule has 2 saturated heterocycles. The van der Waals surface area contributed by atoms with E-state index in [0.29, 0.717) is 31.3 Å². The minimum atomic E-state index is -4.51. The van der Waals surface area contributed by atoms with Crippen LogP contribution in [0.1, 0.15) is 52.7 Å². The summed E-state index contributed by atoms with van der Waals surface area (Å²) in [5, 5.41) is 0. The molecule has 2 fully saturated rings. The van der Waals surface area contributed by atoms with Crippen molar-refractivity contribution in [1.82, 2.24) is 0 Å². The number of hydrogen-bond donors (Lipinski definition) is 0. The van der Waals surface area contributed by atoms with Crippen molar-refractivity contribution in [2.45, 2.75) is 24.7 Å². The Balaban J connectivity index is 1.37. The van der Waals surface area contributed by atoms with Gasteiger partial charge in [-0.05, 0) is 31.2 Å². The maximum absolute atomic E-state index is 13.5. The number of thiophene rings is 2. The number of ether oxygens (including phenoxy) is 4. The average Bonchev–Trinajstić information content (AvgIpc) is 3.77. The third-order valence-electron chi connectivity index (χ3n) is 7.44. The fourth-order valence-electron chi connectivity index (χ4n) is 5.50. The van der Waals surface area contributed by atoms with Gasteiger partial charge in [-0.25, -0.2) is 0 Å². The molecule has 1 aliphatic carbocycles. The standard InChI is InChI=1S/C30H21F3O6S2/c1-16-2-4-17(5-3-16)24(34)22-14-20-26(40-22)27-21(29(38-12-13-39-29)28(20)36-10-11-37-28)15-23(41-27)25(35)18-6-8-19(9-7-18)30(31,32)33/h2-9,14-15H,10-13H2,1H3. The lowest BCUT2D eigenvalue weighted by molar-refractivity contribution is -0.365. The number of hydrogen-bond acceptors (Lipinski definition) is 8. The average molecular weight is 599 g/mol. The summed E-state index contributed by atoms with van der Waals surface area (Å²) in [5.74, 6) is -3.63. The summed E-state index contributed by atoms with van der Waals surface area (Å²) in [5.41, 5.74) is 1.95. The van der Waals surface area contributed by atoms with Crippen LogP contribution in [-0.4, -0.2) is 38.0 Å². The van der Waals surface area contributed by atoms with Crippen LogP contribution in [0.4, 0.5) is 13.2 Å². The Kier molecular flexibility index (Phi) is 6.13. The summed E-state index contributed by atoms with van der Waals surface area (Å²) in [6.45, 7) is 2.98. The van der Waals surface area contributed by atoms with Crippen LogP contribution < -0.4 is 0 Å². The molecule has 2 aromatic heterocycles. The number of benzene rings is 2. The molecule has 0 saturated carbocycles. The molecule has 0 atom stereocenters. The Morgan fingerprint density at radius 3 is 1.46 bits per heavy atom. The Labute approximate surface area is 240 Å². The Hall–Kier alpha value is -3.19. The van der Waals surface area contributed by atoms with E-state index in [1.54, 1.807) is 24.3 Å². The van der Waals surface area contributed by atoms with Gasteiger partial charge in [0, 0.05) is 22.3 Å². The molecule has 0 amide bonds. The summed E-state index contributed by atoms with van der Waals surface area (Å²) in [7, 11) is 0. The lowest BCUT2D eigenvalue weighted by atomic mass is 9.84. The fourth-order valence-corrected chi connectivity index (χ4v) is 7.98. The van der Waals surface area contributed by atoms with E-state index in [4.69, 9.17) is 18.9 Å². The van der Waals surface area contributed by atoms with Crippen molar-refractivity contribution in [1.29, 1.82) is 0 Å². The minimum absolute atomic E-state index is 0.114. The van der Waals surface area contributed by atoms with Gasteiger partial charge in [-0.2, -0.15) is 13.2 Å². The number of rotatable bonds is 4. The van der Waals surface area contributed by atoms with Gasteiger partial charge in [0.05, 0.1) is 51.5 Å². The number of halogens is 3. The molecule has 0 unspecified atom stereocenters. The normalized spacial score (nSPS) is 18.5. The third kappa shape index (κ3) is 3.98. The smallest absolute Gasteiger partial charge is 0.339 e. The molecule has 11 heteroatoms. The van der Waals surface area contributed by atoms with Gasteiger partial charge in [-0.1, -0.05) is 42.0 Å². The topological polar surface area (TPSA) is 71.1 Å². The summed E-state index contributed by atoms with van der Waals surface area (Å²) >= 11 is 2.44. The molecule has 3 aliphatic rings. The zero-order valence-corrected chi connectivity index (χ0v) is 23.1. The van der Waals surface area contributed by atoms with Gasteiger partial charge in [0.15, 0.2) is 0 Å². The minimum Gasteiger partial charge on any atom is -0.339 e. The maximum Gasteiger partial charge on any atom is 0.416 e. The van der Waals surface area contributed by atoms with Crippen molar-refractivity contribution < 1.29 is 41.7 Å². The summed E-state index contributed by atoms with van der Waals surface area (Å²) in [4.78, 5) is 29.2. The van der Waals surface area contributed by atoms with Crippen molar-refractivity contribution >= 4 is 34.2 Å². The van der Waals surface area contributed by atoms with Gasteiger partial charge in [0.1, 0.15) is 0 Å². The molecule has 4 aromatic rings. The Morgan fingerprint density at radius 1 is 0.683 bits per heavy atom. The van der Waals surface area contributed by atoms with Gasteiger partial charge in [-0.15, -0.1) is 22.7 Å². The molecular weight excluding hydrogens is 577 g/mol. The summed E-state index contributed by atoms with van der Waals surface area (Å²) in [6.07, 6.45) is -4.51. The molecule has 4 heterocycles. The van der Waals surface area contributed by atoms with Crippen LogP contribution in [0.2, 0.25) is 0 Å². The molecule has 7 rings (SSSR count). The highest BCUT2D eigenvalue weighted by Crippen LogP contribution is 2.63. The fraction of sp³-hybridized carbons (Fsp3) is 0.267. The lowest BCUT2D eigenvalue weighted by Gasteiger charge is -2.44. The van der Waals surface area contributed by atoms with Crippen molar-refractivity contribution in [2.24, 2.45) is 0 Å². The zero-order valence-electron chi connectivity index (χ0n) is 21.5. The predicted molar refractivity (Wildman–Crippen MR) is 144 cm³/mol. The summed E-state index contributed by atoms with van der Waals surface area (Å²) in [6, 6.07) is 14.8. The number of fused-ring (bicyclic) bond motifs is 6. The van der Waals surface area contributed by atoms with Crippen LogP contribution in [0.3, 0.4) is 0 Å². The second-order valence-corrected chi connectivity index (χ2v) is 12.0. The first-order chi connectivity index (χ1) is 19.6. The number of aryl methyl sites for hydroxylation is 1. The van der Waals surface area contributed by atoms with E-state index >= 15 is 0 Å². The quantitative estimate of drug-likeness (QED) is 0.244. The van der Waals surface area contributed by atoms with E-state index in [9.17, 15) is 22.8 Å². The predicted octanol–water partition coefficient (Wildman–Crippen LogP) is 6.68. The lowest BCUT2D eigenvalue weighted by Crippen LogP contribution is -2.53. The van der Waals surface area contributed by atoms with E-state index in [0.717, 1.165) is 17.7 Å². The highest BCUT2D eigenvalue weighted by molar-refractivity contribution is 7.24. The first kappa shape index (κ1) is 26.7. The molecule has 0 N–H and O–H groups in total. The number of carbonyl (C=O) groups is 2. The second-order valence-electron chi connectivity index (χ2n) is 9.93. The molecule has 0 radical (unpaired) electrons. The number of alkyl halides is 3. The molecule has 2 spiro atoms. The van der Waals surface area contributed by atoms with E-state index < -0.39 is 29.1 Å². The van der Waals surface area contributed by atoms with Crippen molar-refractivity contribution in [3.05, 3.63) is 104 Å². The summed E-state index contributed by atoms with van der Waals surface area (Å²) < 4.78 is 64.2. The first-order valence-electron chi connectivity index (χ1n) is 12.8. The van der Waals surface area contributed by atoms with E-state index in [1.807, 2.05) is 19.1 Å². The molecule has 0 bridgehead atoms. The van der Waals surface area contributed by atoms with Gasteiger partial charge >= 0.3 is 6.18 Å². The van der Waals surface area contributed by atoms with Crippen LogP contribution in [0.25, 0.3) is 9.75 Å². The monoisotopic (exact) mass is 598 g/mol. The number of ketones is 2. The van der Waals surface area contributed by atoms with Crippen molar-refractivity contribution in [3.63, 3.8) is 0 Å². The largest absolute Gasteiger partial charge is 0.416 e. The third-order valence-corrected chi connectivity index (χ3v) is 9.87.